The average Bonchev–Trinajstić information content (AvgIpc) is 3.24. The number of rotatable bonds is 9. The molecule has 0 fully saturated rings. The molecule has 0 saturated carbocycles. The Morgan fingerprint density at radius 2 is 1.73 bits per heavy atom. The molecule has 1 heterocycles. The predicted molar refractivity (Wildman–Crippen MR) is 139 cm³/mol. The van der Waals surface area contributed by atoms with E-state index in [9.17, 15) is 19.7 Å². The van der Waals surface area contributed by atoms with Crippen molar-refractivity contribution in [3.8, 4) is 17.2 Å². The van der Waals surface area contributed by atoms with Crippen molar-refractivity contribution in [3.05, 3.63) is 92.3 Å². The van der Waals surface area contributed by atoms with E-state index in [0.717, 1.165) is 10.1 Å². The van der Waals surface area contributed by atoms with Crippen molar-refractivity contribution in [3.63, 3.8) is 0 Å². The zero-order valence-electron chi connectivity index (χ0n) is 19.2. The molecule has 0 atom stereocenters. The fourth-order valence-corrected chi connectivity index (χ4v) is 4.52. The van der Waals surface area contributed by atoms with E-state index in [1.54, 1.807) is 49.6 Å². The lowest BCUT2D eigenvalue weighted by Gasteiger charge is -2.05. The molecule has 0 aliphatic carbocycles. The topological polar surface area (TPSA) is 129 Å². The van der Waals surface area contributed by atoms with Crippen LogP contribution in [0.15, 0.2) is 71.8 Å². The lowest BCUT2D eigenvalue weighted by atomic mass is 10.2. The van der Waals surface area contributed by atoms with Gasteiger partial charge in [-0.05, 0) is 60.2 Å². The second-order valence-corrected chi connectivity index (χ2v) is 8.83. The number of nitrogens with one attached hydrogen (secondary N) is 1. The van der Waals surface area contributed by atoms with Crippen LogP contribution in [0.25, 0.3) is 10.1 Å². The summed E-state index contributed by atoms with van der Waals surface area (Å²) in [6.07, 6.45) is 1.41. The molecule has 0 aliphatic rings. The minimum atomic E-state index is -0.577. The lowest BCUT2D eigenvalue weighted by Crippen LogP contribution is -2.24. The van der Waals surface area contributed by atoms with Crippen LogP contribution >= 0.6 is 22.9 Å². The highest BCUT2D eigenvalue weighted by atomic mass is 35.5. The molecule has 4 rings (SSSR count). The van der Waals surface area contributed by atoms with Gasteiger partial charge >= 0.3 is 5.97 Å². The number of hydrogen-bond acceptors (Lipinski definition) is 9. The molecule has 0 unspecified atom stereocenters. The summed E-state index contributed by atoms with van der Waals surface area (Å²) in [5, 5.41) is 15.6. The summed E-state index contributed by atoms with van der Waals surface area (Å²) in [7, 11) is 1.56. The second kappa shape index (κ2) is 11.5. The fourth-order valence-electron chi connectivity index (χ4n) is 3.10. The molecule has 0 bridgehead atoms. The zero-order valence-corrected chi connectivity index (χ0v) is 20.7. The van der Waals surface area contributed by atoms with Gasteiger partial charge in [0.2, 0.25) is 0 Å². The highest BCUT2D eigenvalue weighted by Crippen LogP contribution is 2.37. The number of hydrazone groups is 1. The van der Waals surface area contributed by atoms with E-state index in [4.69, 9.17) is 25.8 Å². The van der Waals surface area contributed by atoms with Crippen LogP contribution in [0.3, 0.4) is 0 Å². The number of ether oxygens (including phenoxy) is 3. The fraction of sp³-hybridized carbons (Fsp3) is 0.0800. The summed E-state index contributed by atoms with van der Waals surface area (Å²) in [4.78, 5) is 35.0. The molecule has 1 amide bonds. The van der Waals surface area contributed by atoms with Gasteiger partial charge in [-0.25, -0.2) is 10.2 Å². The molecule has 12 heteroatoms. The van der Waals surface area contributed by atoms with E-state index < -0.39 is 16.8 Å². The standard InChI is InChI=1S/C25H18ClN3O7S/c1-34-19-10-11-20-21(12-19)37-24(23(20)26)25(31)36-18-6-2-15(3-7-18)13-27-28-22(30)14-35-17-8-4-16(5-9-17)29(32)33/h2-13H,14H2,1H3,(H,28,30). The quantitative estimate of drug-likeness (QED) is 0.101. The molecule has 10 nitrogen and oxygen atoms in total. The largest absolute Gasteiger partial charge is 0.497 e. The first-order chi connectivity index (χ1) is 17.8. The summed E-state index contributed by atoms with van der Waals surface area (Å²) in [5.41, 5.74) is 2.88. The van der Waals surface area contributed by atoms with Crippen molar-refractivity contribution in [2.45, 2.75) is 0 Å². The van der Waals surface area contributed by atoms with Gasteiger partial charge in [0, 0.05) is 22.2 Å². The van der Waals surface area contributed by atoms with Gasteiger partial charge in [0.15, 0.2) is 6.61 Å². The predicted octanol–water partition coefficient (Wildman–Crippen LogP) is 5.22. The van der Waals surface area contributed by atoms with Crippen LogP contribution in [0.1, 0.15) is 15.2 Å². The van der Waals surface area contributed by atoms with E-state index in [0.29, 0.717) is 27.8 Å². The minimum absolute atomic E-state index is 0.0767. The number of halogens is 1. The van der Waals surface area contributed by atoms with Crippen molar-refractivity contribution in [2.24, 2.45) is 5.10 Å². The third-order valence-electron chi connectivity index (χ3n) is 4.93. The molecule has 1 aromatic heterocycles. The smallest absolute Gasteiger partial charge is 0.355 e. The molecule has 0 saturated heterocycles. The van der Waals surface area contributed by atoms with Crippen molar-refractivity contribution in [1.82, 2.24) is 5.43 Å². The highest BCUT2D eigenvalue weighted by molar-refractivity contribution is 7.21. The van der Waals surface area contributed by atoms with E-state index in [2.05, 4.69) is 10.5 Å². The number of nitro benzene ring substituents is 1. The van der Waals surface area contributed by atoms with Gasteiger partial charge in [0.25, 0.3) is 11.6 Å². The van der Waals surface area contributed by atoms with Crippen LogP contribution in [-0.4, -0.2) is 36.7 Å². The number of nitro groups is 1. The number of amides is 1. The molecule has 0 aliphatic heterocycles. The Labute approximate surface area is 219 Å². The number of esters is 1. The lowest BCUT2D eigenvalue weighted by molar-refractivity contribution is -0.384. The monoisotopic (exact) mass is 539 g/mol. The van der Waals surface area contributed by atoms with Crippen LogP contribution < -0.4 is 19.6 Å². The Bertz CT molecular complexity index is 1480. The number of methoxy groups -OCH3 is 1. The Balaban J connectivity index is 1.28. The first kappa shape index (κ1) is 25.6. The SMILES string of the molecule is COc1ccc2c(Cl)c(C(=O)Oc3ccc(C=NNC(=O)COc4ccc([N+](=O)[O-])cc4)cc3)sc2c1. The number of benzene rings is 3. The van der Waals surface area contributed by atoms with E-state index in [-0.39, 0.29) is 17.2 Å². The number of thiophene rings is 1. The molecular formula is C25H18ClN3O7S. The first-order valence-corrected chi connectivity index (χ1v) is 11.8. The average molecular weight is 540 g/mol. The summed E-state index contributed by atoms with van der Waals surface area (Å²) < 4.78 is 16.7. The molecule has 3 aromatic carbocycles. The first-order valence-electron chi connectivity index (χ1n) is 10.6. The van der Waals surface area contributed by atoms with E-state index in [1.807, 2.05) is 0 Å². The van der Waals surface area contributed by atoms with Gasteiger partial charge in [0.1, 0.15) is 22.1 Å². The zero-order chi connectivity index (χ0) is 26.4. The minimum Gasteiger partial charge on any atom is -0.497 e. The number of non-ortho nitro benzene ring substituents is 1. The van der Waals surface area contributed by atoms with Crippen LogP contribution in [-0.2, 0) is 4.79 Å². The Hall–Kier alpha value is -4.48. The van der Waals surface area contributed by atoms with Crippen LogP contribution in [0.5, 0.6) is 17.2 Å². The number of carbonyl (C=O) groups is 2. The molecule has 0 spiro atoms. The third-order valence-corrected chi connectivity index (χ3v) is 6.57. The van der Waals surface area contributed by atoms with Gasteiger partial charge in [-0.15, -0.1) is 11.3 Å². The molecule has 1 N–H and O–H groups in total. The Kier molecular flexibility index (Phi) is 7.96. The maximum absolute atomic E-state index is 12.7. The van der Waals surface area contributed by atoms with Crippen LogP contribution in [0.4, 0.5) is 5.69 Å². The normalized spacial score (nSPS) is 10.9. The number of nitrogens with zero attached hydrogens (tertiary/aromatic N) is 2. The second-order valence-electron chi connectivity index (χ2n) is 7.40. The third kappa shape index (κ3) is 6.40. The van der Waals surface area contributed by atoms with Crippen LogP contribution in [0.2, 0.25) is 5.02 Å². The van der Waals surface area contributed by atoms with E-state index in [1.165, 1.54) is 41.8 Å². The summed E-state index contributed by atoms with van der Waals surface area (Å²) in [5.74, 6) is 0.195. The van der Waals surface area contributed by atoms with Crippen molar-refractivity contribution < 1.29 is 28.7 Å². The van der Waals surface area contributed by atoms with Gasteiger partial charge in [-0.1, -0.05) is 11.6 Å². The molecule has 4 aromatic rings. The number of hydrogen-bond donors (Lipinski definition) is 1. The molecular weight excluding hydrogens is 522 g/mol. The van der Waals surface area contributed by atoms with E-state index >= 15 is 0 Å². The van der Waals surface area contributed by atoms with Gasteiger partial charge in [-0.3, -0.25) is 14.9 Å². The summed E-state index contributed by atoms with van der Waals surface area (Å²) in [6.45, 7) is -0.322. The molecule has 0 radical (unpaired) electrons. The van der Waals surface area contributed by atoms with Gasteiger partial charge in [-0.2, -0.15) is 5.10 Å². The molecule has 188 valence electrons. The highest BCUT2D eigenvalue weighted by Gasteiger charge is 2.19. The maximum Gasteiger partial charge on any atom is 0.355 e. The van der Waals surface area contributed by atoms with Crippen LogP contribution in [0, 0.1) is 10.1 Å². The van der Waals surface area contributed by atoms with Gasteiger partial charge < -0.3 is 14.2 Å². The maximum atomic E-state index is 12.7. The molecule has 37 heavy (non-hydrogen) atoms. The van der Waals surface area contributed by atoms with Gasteiger partial charge in [0.05, 0.1) is 23.3 Å². The Morgan fingerprint density at radius 3 is 2.41 bits per heavy atom. The number of fused-ring (bicyclic) bond motifs is 1. The summed E-state index contributed by atoms with van der Waals surface area (Å²) in [6, 6.07) is 17.2. The van der Waals surface area contributed by atoms with Crippen molar-refractivity contribution in [1.29, 1.82) is 0 Å². The van der Waals surface area contributed by atoms with Crippen molar-refractivity contribution in [2.75, 3.05) is 13.7 Å². The van der Waals surface area contributed by atoms with Crippen molar-refractivity contribution >= 4 is 56.8 Å². The summed E-state index contributed by atoms with van der Waals surface area (Å²) >= 11 is 7.60. The number of carbonyl (C=O) groups excluding carboxylic acids is 2. The Morgan fingerprint density at radius 1 is 1.05 bits per heavy atom.